The van der Waals surface area contributed by atoms with Gasteiger partial charge in [0.1, 0.15) is 0 Å². The minimum atomic E-state index is -3.82. The number of nitrogens with zero attached hydrogens (tertiary/aromatic N) is 1. The Hall–Kier alpha value is -2.67. The number of hydrogen-bond donors (Lipinski definition) is 1. The van der Waals surface area contributed by atoms with Crippen LogP contribution in [0.1, 0.15) is 28.7 Å². The molecule has 1 unspecified atom stereocenters. The Balaban J connectivity index is 1.72. The zero-order chi connectivity index (χ0) is 20.5. The van der Waals surface area contributed by atoms with Gasteiger partial charge in [-0.15, -0.1) is 0 Å². The Morgan fingerprint density at radius 2 is 1.71 bits per heavy atom. The summed E-state index contributed by atoms with van der Waals surface area (Å²) in [6, 6.07) is 12.6. The zero-order valence-corrected chi connectivity index (χ0v) is 17.0. The molecule has 1 aliphatic heterocycles. The molecule has 1 aliphatic rings. The number of sulfonamides is 1. The number of carbonyl (C=O) groups excluding carboxylic acids is 2. The molecule has 1 fully saturated rings. The summed E-state index contributed by atoms with van der Waals surface area (Å²) in [7, 11) is -3.82. The van der Waals surface area contributed by atoms with Crippen LogP contribution in [-0.2, 0) is 25.4 Å². The molecule has 1 saturated heterocycles. The third-order valence-electron chi connectivity index (χ3n) is 4.86. The quantitative estimate of drug-likeness (QED) is 0.836. The van der Waals surface area contributed by atoms with E-state index < -0.39 is 21.8 Å². The third kappa shape index (κ3) is 4.42. The molecule has 1 N–H and O–H groups in total. The van der Waals surface area contributed by atoms with Crippen LogP contribution in [0.15, 0.2) is 42.5 Å². The van der Waals surface area contributed by atoms with Crippen LogP contribution in [0.4, 0.5) is 5.69 Å². The van der Waals surface area contributed by atoms with Crippen molar-refractivity contribution in [1.82, 2.24) is 4.72 Å². The van der Waals surface area contributed by atoms with Crippen LogP contribution in [-0.4, -0.2) is 26.8 Å². The van der Waals surface area contributed by atoms with Gasteiger partial charge in [0.2, 0.25) is 21.8 Å². The normalized spacial score (nSPS) is 17.0. The Bertz CT molecular complexity index is 993. The molecule has 0 aromatic heterocycles. The molecule has 2 aromatic carbocycles. The number of carbonyl (C=O) groups is 2. The lowest BCUT2D eigenvalue weighted by Crippen LogP contribution is -2.37. The van der Waals surface area contributed by atoms with Gasteiger partial charge in [-0.1, -0.05) is 48.0 Å². The van der Waals surface area contributed by atoms with Crippen LogP contribution in [0, 0.1) is 26.7 Å². The van der Waals surface area contributed by atoms with E-state index in [1.54, 1.807) is 35.2 Å². The standard InChI is InChI=1S/C21H24N2O4S/c1-14-9-15(2)20(16(3)10-14)23-12-18(11-19(23)24)21(25)22-28(26,27)13-17-7-5-4-6-8-17/h4-10,18H,11-13H2,1-3H3,(H,22,25). The molecule has 1 atom stereocenters. The molecule has 2 amide bonds. The summed E-state index contributed by atoms with van der Waals surface area (Å²) in [6.45, 7) is 6.03. The van der Waals surface area contributed by atoms with E-state index in [9.17, 15) is 18.0 Å². The Labute approximate surface area is 165 Å². The van der Waals surface area contributed by atoms with Gasteiger partial charge in [0.15, 0.2) is 0 Å². The van der Waals surface area contributed by atoms with Gasteiger partial charge in [-0.05, 0) is 37.5 Å². The Morgan fingerprint density at radius 3 is 2.32 bits per heavy atom. The van der Waals surface area contributed by atoms with Crippen LogP contribution < -0.4 is 9.62 Å². The second-order valence-corrected chi connectivity index (χ2v) is 9.09. The largest absolute Gasteiger partial charge is 0.311 e. The summed E-state index contributed by atoms with van der Waals surface area (Å²) in [4.78, 5) is 26.7. The van der Waals surface area contributed by atoms with Gasteiger partial charge in [-0.25, -0.2) is 8.42 Å². The average molecular weight is 401 g/mol. The van der Waals surface area contributed by atoms with Crippen molar-refractivity contribution >= 4 is 27.5 Å². The van der Waals surface area contributed by atoms with Crippen molar-refractivity contribution in [1.29, 1.82) is 0 Å². The van der Waals surface area contributed by atoms with E-state index in [0.717, 1.165) is 22.4 Å². The van der Waals surface area contributed by atoms with E-state index in [0.29, 0.717) is 5.56 Å². The number of anilines is 1. The maximum atomic E-state index is 12.5. The zero-order valence-electron chi connectivity index (χ0n) is 16.2. The molecule has 0 radical (unpaired) electrons. The van der Waals surface area contributed by atoms with E-state index in [1.165, 1.54) is 0 Å². The number of benzene rings is 2. The van der Waals surface area contributed by atoms with Gasteiger partial charge in [-0.2, -0.15) is 0 Å². The van der Waals surface area contributed by atoms with Gasteiger partial charge >= 0.3 is 0 Å². The SMILES string of the molecule is Cc1cc(C)c(N2CC(C(=O)NS(=O)(=O)Cc3ccccc3)CC2=O)c(C)c1. The fraction of sp³-hybridized carbons (Fsp3) is 0.333. The highest BCUT2D eigenvalue weighted by molar-refractivity contribution is 7.89. The molecule has 0 bridgehead atoms. The second kappa shape index (κ2) is 7.75. The van der Waals surface area contributed by atoms with Crippen molar-refractivity contribution in [3.8, 4) is 0 Å². The van der Waals surface area contributed by atoms with Gasteiger partial charge in [0, 0.05) is 18.7 Å². The lowest BCUT2D eigenvalue weighted by molar-refractivity contribution is -0.124. The van der Waals surface area contributed by atoms with Crippen molar-refractivity contribution in [2.24, 2.45) is 5.92 Å². The molecule has 2 aromatic rings. The van der Waals surface area contributed by atoms with Crippen molar-refractivity contribution < 1.29 is 18.0 Å². The first-order valence-corrected chi connectivity index (χ1v) is 10.8. The van der Waals surface area contributed by atoms with Gasteiger partial charge in [-0.3, -0.25) is 14.3 Å². The van der Waals surface area contributed by atoms with Gasteiger partial charge < -0.3 is 4.90 Å². The Kier molecular flexibility index (Phi) is 5.56. The summed E-state index contributed by atoms with van der Waals surface area (Å²) < 4.78 is 26.8. The van der Waals surface area contributed by atoms with E-state index in [2.05, 4.69) is 4.72 Å². The maximum Gasteiger partial charge on any atom is 0.239 e. The minimum absolute atomic E-state index is 0.000549. The molecular formula is C21H24N2O4S. The lowest BCUT2D eigenvalue weighted by Gasteiger charge is -2.22. The number of amides is 2. The van der Waals surface area contributed by atoms with Gasteiger partial charge in [0.25, 0.3) is 0 Å². The van der Waals surface area contributed by atoms with Crippen molar-refractivity contribution in [2.75, 3.05) is 11.4 Å². The highest BCUT2D eigenvalue weighted by atomic mass is 32.2. The first kappa shape index (κ1) is 20.1. The monoisotopic (exact) mass is 400 g/mol. The highest BCUT2D eigenvalue weighted by Crippen LogP contribution is 2.32. The second-order valence-electron chi connectivity index (χ2n) is 7.36. The summed E-state index contributed by atoms with van der Waals surface area (Å²) in [5.74, 6) is -1.77. The predicted molar refractivity (Wildman–Crippen MR) is 108 cm³/mol. The molecular weight excluding hydrogens is 376 g/mol. The minimum Gasteiger partial charge on any atom is -0.311 e. The number of hydrogen-bond acceptors (Lipinski definition) is 4. The molecule has 148 valence electrons. The fourth-order valence-electron chi connectivity index (χ4n) is 3.76. The van der Waals surface area contributed by atoms with Crippen LogP contribution in [0.2, 0.25) is 0 Å². The predicted octanol–water partition coefficient (Wildman–Crippen LogP) is 2.61. The van der Waals surface area contributed by atoms with Crippen molar-refractivity contribution in [3.05, 3.63) is 64.7 Å². The first-order valence-electron chi connectivity index (χ1n) is 9.13. The van der Waals surface area contributed by atoms with E-state index in [4.69, 9.17) is 0 Å². The van der Waals surface area contributed by atoms with Crippen molar-refractivity contribution in [2.45, 2.75) is 32.9 Å². The number of aryl methyl sites for hydroxylation is 3. The van der Waals surface area contributed by atoms with Crippen LogP contribution in [0.25, 0.3) is 0 Å². The molecule has 6 nitrogen and oxygen atoms in total. The summed E-state index contributed by atoms with van der Waals surface area (Å²) in [6.07, 6.45) is -0.000549. The van der Waals surface area contributed by atoms with E-state index in [-0.39, 0.29) is 24.6 Å². The fourth-order valence-corrected chi connectivity index (χ4v) is 4.94. The molecule has 1 heterocycles. The van der Waals surface area contributed by atoms with E-state index in [1.807, 2.05) is 32.9 Å². The molecule has 0 aliphatic carbocycles. The van der Waals surface area contributed by atoms with Crippen molar-refractivity contribution in [3.63, 3.8) is 0 Å². The summed E-state index contributed by atoms with van der Waals surface area (Å²) >= 11 is 0. The van der Waals surface area contributed by atoms with Crippen LogP contribution >= 0.6 is 0 Å². The number of rotatable bonds is 5. The third-order valence-corrected chi connectivity index (χ3v) is 6.08. The van der Waals surface area contributed by atoms with Gasteiger partial charge in [0.05, 0.1) is 11.7 Å². The lowest BCUT2D eigenvalue weighted by atomic mass is 10.0. The number of nitrogens with one attached hydrogen (secondary N) is 1. The molecule has 3 rings (SSSR count). The molecule has 7 heteroatoms. The smallest absolute Gasteiger partial charge is 0.239 e. The topological polar surface area (TPSA) is 83.6 Å². The highest BCUT2D eigenvalue weighted by Gasteiger charge is 2.37. The van der Waals surface area contributed by atoms with Crippen LogP contribution in [0.5, 0.6) is 0 Å². The Morgan fingerprint density at radius 1 is 1.11 bits per heavy atom. The molecule has 0 spiro atoms. The average Bonchev–Trinajstić information content (AvgIpc) is 2.96. The summed E-state index contributed by atoms with van der Waals surface area (Å²) in [5.41, 5.74) is 4.43. The first-order chi connectivity index (χ1) is 13.2. The van der Waals surface area contributed by atoms with Crippen LogP contribution in [0.3, 0.4) is 0 Å². The maximum absolute atomic E-state index is 12.5. The summed E-state index contributed by atoms with van der Waals surface area (Å²) in [5, 5.41) is 0. The molecule has 0 saturated carbocycles. The van der Waals surface area contributed by atoms with E-state index >= 15 is 0 Å². The molecule has 28 heavy (non-hydrogen) atoms.